The first-order chi connectivity index (χ1) is 5.66. The van der Waals surface area contributed by atoms with Gasteiger partial charge >= 0.3 is 6.09 Å². The third-order valence-electron chi connectivity index (χ3n) is 1.44. The number of rotatable bonds is 2. The lowest BCUT2D eigenvalue weighted by atomic mass is 10.2. The molecule has 0 aliphatic heterocycles. The van der Waals surface area contributed by atoms with Crippen LogP contribution in [0.2, 0.25) is 0 Å². The predicted octanol–water partition coefficient (Wildman–Crippen LogP) is 1.47. The highest BCUT2D eigenvalue weighted by molar-refractivity contribution is 5.68. The van der Waals surface area contributed by atoms with Crippen molar-refractivity contribution in [1.82, 2.24) is 10.6 Å². The molecule has 4 nitrogen and oxygen atoms in total. The fourth-order valence-corrected chi connectivity index (χ4v) is 0.621. The summed E-state index contributed by atoms with van der Waals surface area (Å²) in [6.45, 7) is 9.21. The number of carbonyl (C=O) groups is 1. The van der Waals surface area contributed by atoms with Crippen LogP contribution < -0.4 is 10.6 Å². The molecule has 2 N–H and O–H groups in total. The Balaban J connectivity index is 4.03. The molecule has 0 radical (unpaired) electrons. The van der Waals surface area contributed by atoms with Gasteiger partial charge in [0.05, 0.1) is 5.66 Å². The molecule has 0 bridgehead atoms. The molecular weight excluding hydrogens is 168 g/mol. The largest absolute Gasteiger partial charge is 0.444 e. The zero-order chi connectivity index (χ0) is 10.7. The number of hydrogen-bond donors (Lipinski definition) is 2. The standard InChI is InChI=1S/C9H20N2O2/c1-8(2,3)13-7(12)11-9(4,5)10-6/h10H,1-6H3,(H,11,12). The number of nitrogens with one attached hydrogen (secondary N) is 2. The van der Waals surface area contributed by atoms with Crippen LogP contribution in [0.25, 0.3) is 0 Å². The van der Waals surface area contributed by atoms with E-state index in [-0.39, 0.29) is 0 Å². The number of carbonyl (C=O) groups excluding carboxylic acids is 1. The van der Waals surface area contributed by atoms with Crippen molar-refractivity contribution in [3.05, 3.63) is 0 Å². The predicted molar refractivity (Wildman–Crippen MR) is 52.5 cm³/mol. The van der Waals surface area contributed by atoms with Crippen LogP contribution in [0.4, 0.5) is 4.79 Å². The molecule has 0 aliphatic rings. The topological polar surface area (TPSA) is 50.4 Å². The van der Waals surface area contributed by atoms with Crippen molar-refractivity contribution < 1.29 is 9.53 Å². The second-order valence-electron chi connectivity index (χ2n) is 4.50. The highest BCUT2D eigenvalue weighted by Crippen LogP contribution is 2.07. The average Bonchev–Trinajstić information content (AvgIpc) is 1.81. The molecule has 4 heteroatoms. The second-order valence-corrected chi connectivity index (χ2v) is 4.50. The summed E-state index contributed by atoms with van der Waals surface area (Å²) in [6.07, 6.45) is -0.410. The fourth-order valence-electron chi connectivity index (χ4n) is 0.621. The van der Waals surface area contributed by atoms with Gasteiger partial charge in [0.25, 0.3) is 0 Å². The van der Waals surface area contributed by atoms with Crippen LogP contribution in [0.5, 0.6) is 0 Å². The summed E-state index contributed by atoms with van der Waals surface area (Å²) in [7, 11) is 1.78. The van der Waals surface area contributed by atoms with Gasteiger partial charge in [0.2, 0.25) is 0 Å². The summed E-state index contributed by atoms with van der Waals surface area (Å²) in [4.78, 5) is 11.3. The van der Waals surface area contributed by atoms with Crippen LogP contribution >= 0.6 is 0 Å². The summed E-state index contributed by atoms with van der Waals surface area (Å²) in [5.41, 5.74) is -0.893. The zero-order valence-corrected chi connectivity index (χ0v) is 9.32. The molecule has 0 rings (SSSR count). The lowest BCUT2D eigenvalue weighted by Crippen LogP contribution is -2.53. The van der Waals surface area contributed by atoms with Crippen molar-refractivity contribution >= 4 is 6.09 Å². The maximum Gasteiger partial charge on any atom is 0.409 e. The second kappa shape index (κ2) is 3.96. The maximum absolute atomic E-state index is 11.3. The van der Waals surface area contributed by atoms with Crippen molar-refractivity contribution in [2.45, 2.75) is 45.9 Å². The first-order valence-corrected chi connectivity index (χ1v) is 4.36. The first-order valence-electron chi connectivity index (χ1n) is 4.36. The van der Waals surface area contributed by atoms with Crippen molar-refractivity contribution in [2.24, 2.45) is 0 Å². The van der Waals surface area contributed by atoms with Gasteiger partial charge in [0.15, 0.2) is 0 Å². The van der Waals surface area contributed by atoms with Gasteiger partial charge in [-0.2, -0.15) is 0 Å². The monoisotopic (exact) mass is 188 g/mol. The van der Waals surface area contributed by atoms with Gasteiger partial charge in [-0.25, -0.2) is 4.79 Å². The minimum atomic E-state index is -0.450. The minimum Gasteiger partial charge on any atom is -0.444 e. The first kappa shape index (κ1) is 12.2. The summed E-state index contributed by atoms with van der Waals surface area (Å²) in [6, 6.07) is 0. The van der Waals surface area contributed by atoms with Crippen LogP contribution in [0.15, 0.2) is 0 Å². The van der Waals surface area contributed by atoms with Gasteiger partial charge in [-0.1, -0.05) is 0 Å². The van der Waals surface area contributed by atoms with E-state index in [1.54, 1.807) is 7.05 Å². The normalized spacial score (nSPS) is 12.5. The van der Waals surface area contributed by atoms with E-state index in [0.717, 1.165) is 0 Å². The van der Waals surface area contributed by atoms with E-state index >= 15 is 0 Å². The Labute approximate surface area is 80.0 Å². The van der Waals surface area contributed by atoms with E-state index < -0.39 is 17.4 Å². The number of hydrogen-bond acceptors (Lipinski definition) is 3. The van der Waals surface area contributed by atoms with E-state index in [9.17, 15) is 4.79 Å². The molecule has 1 amide bonds. The molecule has 0 saturated heterocycles. The van der Waals surface area contributed by atoms with E-state index in [4.69, 9.17) is 4.74 Å². The highest BCUT2D eigenvalue weighted by Gasteiger charge is 2.22. The molecule has 0 unspecified atom stereocenters. The molecule has 0 fully saturated rings. The summed E-state index contributed by atoms with van der Waals surface area (Å²) in [5, 5.41) is 5.64. The van der Waals surface area contributed by atoms with E-state index in [0.29, 0.717) is 0 Å². The molecule has 0 atom stereocenters. The van der Waals surface area contributed by atoms with Gasteiger partial charge in [-0.05, 0) is 41.7 Å². The van der Waals surface area contributed by atoms with Gasteiger partial charge in [0, 0.05) is 0 Å². The molecule has 78 valence electrons. The smallest absolute Gasteiger partial charge is 0.409 e. The average molecular weight is 188 g/mol. The van der Waals surface area contributed by atoms with Gasteiger partial charge < -0.3 is 10.1 Å². The van der Waals surface area contributed by atoms with Crippen molar-refractivity contribution in [3.8, 4) is 0 Å². The van der Waals surface area contributed by atoms with Gasteiger partial charge in [-0.3, -0.25) is 5.32 Å². The Morgan fingerprint density at radius 2 is 1.62 bits per heavy atom. The Hall–Kier alpha value is -0.770. The van der Waals surface area contributed by atoms with Crippen LogP contribution in [0.1, 0.15) is 34.6 Å². The molecule has 13 heavy (non-hydrogen) atoms. The molecule has 0 saturated carbocycles. The molecule has 0 aromatic rings. The van der Waals surface area contributed by atoms with Crippen molar-refractivity contribution in [1.29, 1.82) is 0 Å². The zero-order valence-electron chi connectivity index (χ0n) is 9.32. The fraction of sp³-hybridized carbons (Fsp3) is 0.889. The van der Waals surface area contributed by atoms with Crippen LogP contribution in [0.3, 0.4) is 0 Å². The molecule has 0 heterocycles. The van der Waals surface area contributed by atoms with Crippen LogP contribution in [0, 0.1) is 0 Å². The van der Waals surface area contributed by atoms with Crippen LogP contribution in [-0.4, -0.2) is 24.4 Å². The third-order valence-corrected chi connectivity index (χ3v) is 1.44. The highest BCUT2D eigenvalue weighted by atomic mass is 16.6. The maximum atomic E-state index is 11.3. The van der Waals surface area contributed by atoms with Crippen molar-refractivity contribution in [3.63, 3.8) is 0 Å². The van der Waals surface area contributed by atoms with Gasteiger partial charge in [-0.15, -0.1) is 0 Å². The Kier molecular flexibility index (Phi) is 3.72. The van der Waals surface area contributed by atoms with E-state index in [2.05, 4.69) is 10.6 Å². The number of alkyl carbamates (subject to hydrolysis) is 1. The Bertz CT molecular complexity index is 183. The molecule has 0 spiro atoms. The lowest BCUT2D eigenvalue weighted by molar-refractivity contribution is 0.0458. The lowest BCUT2D eigenvalue weighted by Gasteiger charge is -2.28. The van der Waals surface area contributed by atoms with Crippen LogP contribution in [-0.2, 0) is 4.74 Å². The third kappa shape index (κ3) is 6.40. The molecule has 0 aliphatic carbocycles. The summed E-state index contributed by atoms with van der Waals surface area (Å²) < 4.78 is 5.09. The Morgan fingerprint density at radius 1 is 1.15 bits per heavy atom. The molecule has 0 aromatic carbocycles. The SMILES string of the molecule is CNC(C)(C)NC(=O)OC(C)(C)C. The van der Waals surface area contributed by atoms with Gasteiger partial charge in [0.1, 0.15) is 5.60 Å². The summed E-state index contributed by atoms with van der Waals surface area (Å²) >= 11 is 0. The number of amides is 1. The van der Waals surface area contributed by atoms with E-state index in [1.165, 1.54) is 0 Å². The molecular formula is C9H20N2O2. The molecule has 0 aromatic heterocycles. The quantitative estimate of drug-likeness (QED) is 0.645. The minimum absolute atomic E-state index is 0.410. The van der Waals surface area contributed by atoms with Crippen molar-refractivity contribution in [2.75, 3.05) is 7.05 Å². The Morgan fingerprint density at radius 3 is 1.92 bits per heavy atom. The van der Waals surface area contributed by atoms with E-state index in [1.807, 2.05) is 34.6 Å². The summed E-state index contributed by atoms with van der Waals surface area (Å²) in [5.74, 6) is 0. The number of ether oxygens (including phenoxy) is 1.